The van der Waals surface area contributed by atoms with Crippen molar-refractivity contribution in [3.8, 4) is 17.2 Å². The fourth-order valence-electron chi connectivity index (χ4n) is 3.24. The maximum Gasteiger partial charge on any atom is 0.264 e. The molecule has 0 aliphatic carbocycles. The monoisotopic (exact) mass is 488 g/mol. The van der Waals surface area contributed by atoms with Crippen LogP contribution in [0.3, 0.4) is 0 Å². The van der Waals surface area contributed by atoms with Gasteiger partial charge in [0.1, 0.15) is 19.0 Å². The molecular weight excluding hydrogens is 468 g/mol. The standard InChI is InChI=1S/C23H21ClN2O6S/c1-26(16-6-8-17(30-2)9-7-16)33(28,29)18-5-3-4-15(12-18)23(27)25-20-14-22-21(13-19(20)24)31-10-11-32-22/h3-9,12-14H,10-11H2,1-2H3,(H,25,27). The second kappa shape index (κ2) is 9.21. The molecule has 0 saturated carbocycles. The molecular formula is C23H21ClN2O6S. The fraction of sp³-hybridized carbons (Fsp3) is 0.174. The summed E-state index contributed by atoms with van der Waals surface area (Å²) in [4.78, 5) is 12.8. The second-order valence-electron chi connectivity index (χ2n) is 7.13. The summed E-state index contributed by atoms with van der Waals surface area (Å²) in [5, 5.41) is 2.97. The zero-order valence-electron chi connectivity index (χ0n) is 17.9. The van der Waals surface area contributed by atoms with Gasteiger partial charge in [-0.3, -0.25) is 9.10 Å². The summed E-state index contributed by atoms with van der Waals surface area (Å²) < 4.78 is 43.5. The van der Waals surface area contributed by atoms with Crippen molar-refractivity contribution in [2.45, 2.75) is 4.90 Å². The Labute approximate surface area is 196 Å². The van der Waals surface area contributed by atoms with Crippen molar-refractivity contribution in [1.29, 1.82) is 0 Å². The van der Waals surface area contributed by atoms with Crippen molar-refractivity contribution in [2.24, 2.45) is 0 Å². The van der Waals surface area contributed by atoms with Gasteiger partial charge in [-0.1, -0.05) is 17.7 Å². The van der Waals surface area contributed by atoms with Crippen LogP contribution in [0, 0.1) is 0 Å². The van der Waals surface area contributed by atoms with E-state index in [4.69, 9.17) is 25.8 Å². The third-order valence-electron chi connectivity index (χ3n) is 5.07. The average Bonchev–Trinajstić information content (AvgIpc) is 2.84. The number of carbonyl (C=O) groups excluding carboxylic acids is 1. The van der Waals surface area contributed by atoms with Crippen molar-refractivity contribution >= 4 is 38.9 Å². The number of methoxy groups -OCH3 is 1. The lowest BCUT2D eigenvalue weighted by Crippen LogP contribution is -2.26. The Morgan fingerprint density at radius 3 is 2.36 bits per heavy atom. The molecule has 0 saturated heterocycles. The van der Waals surface area contributed by atoms with Crippen molar-refractivity contribution in [3.05, 3.63) is 71.2 Å². The minimum atomic E-state index is -3.91. The van der Waals surface area contributed by atoms with Crippen LogP contribution >= 0.6 is 11.6 Å². The van der Waals surface area contributed by atoms with E-state index in [0.29, 0.717) is 41.8 Å². The Morgan fingerprint density at radius 2 is 1.70 bits per heavy atom. The normalized spacial score (nSPS) is 12.7. The van der Waals surface area contributed by atoms with Crippen molar-refractivity contribution in [1.82, 2.24) is 0 Å². The minimum absolute atomic E-state index is 0.0262. The summed E-state index contributed by atoms with van der Waals surface area (Å²) in [6.45, 7) is 0.810. The number of hydrogen-bond acceptors (Lipinski definition) is 6. The highest BCUT2D eigenvalue weighted by Crippen LogP contribution is 2.38. The van der Waals surface area contributed by atoms with E-state index in [1.165, 1.54) is 38.4 Å². The van der Waals surface area contributed by atoms with E-state index in [9.17, 15) is 13.2 Å². The number of halogens is 1. The average molecular weight is 489 g/mol. The van der Waals surface area contributed by atoms with Crippen LogP contribution in [0.5, 0.6) is 17.2 Å². The third-order valence-corrected chi connectivity index (χ3v) is 7.16. The number of benzene rings is 3. The predicted molar refractivity (Wildman–Crippen MR) is 125 cm³/mol. The first kappa shape index (κ1) is 22.8. The number of ether oxygens (including phenoxy) is 3. The number of nitrogens with one attached hydrogen (secondary N) is 1. The molecule has 8 nitrogen and oxygen atoms in total. The van der Waals surface area contributed by atoms with E-state index in [0.717, 1.165) is 4.31 Å². The zero-order chi connectivity index (χ0) is 23.6. The van der Waals surface area contributed by atoms with Crippen LogP contribution < -0.4 is 23.8 Å². The fourth-order valence-corrected chi connectivity index (χ4v) is 4.68. The van der Waals surface area contributed by atoms with Crippen LogP contribution in [0.15, 0.2) is 65.6 Å². The first-order valence-corrected chi connectivity index (χ1v) is 11.7. The molecule has 3 aromatic rings. The molecule has 0 aromatic heterocycles. The van der Waals surface area contributed by atoms with Crippen LogP contribution in [-0.4, -0.2) is 41.7 Å². The van der Waals surface area contributed by atoms with E-state index >= 15 is 0 Å². The number of hydrogen-bond donors (Lipinski definition) is 1. The molecule has 33 heavy (non-hydrogen) atoms. The molecule has 3 aromatic carbocycles. The molecule has 10 heteroatoms. The topological polar surface area (TPSA) is 94.2 Å². The molecule has 0 atom stereocenters. The summed E-state index contributed by atoms with van der Waals surface area (Å²) in [6.07, 6.45) is 0. The molecule has 1 N–H and O–H groups in total. The van der Waals surface area contributed by atoms with E-state index < -0.39 is 15.9 Å². The molecule has 0 fully saturated rings. The SMILES string of the molecule is COc1ccc(N(C)S(=O)(=O)c2cccc(C(=O)Nc3cc4c(cc3Cl)OCCO4)c2)cc1. The number of nitrogens with zero attached hydrogens (tertiary/aromatic N) is 1. The van der Waals surface area contributed by atoms with Gasteiger partial charge in [0.2, 0.25) is 0 Å². The van der Waals surface area contributed by atoms with Crippen molar-refractivity contribution < 1.29 is 27.4 Å². The highest BCUT2D eigenvalue weighted by molar-refractivity contribution is 7.92. The summed E-state index contributed by atoms with van der Waals surface area (Å²) >= 11 is 6.27. The number of rotatable bonds is 6. The quantitative estimate of drug-likeness (QED) is 0.559. The lowest BCUT2D eigenvalue weighted by atomic mass is 10.2. The van der Waals surface area contributed by atoms with Gasteiger partial charge >= 0.3 is 0 Å². The first-order valence-electron chi connectivity index (χ1n) is 9.93. The zero-order valence-corrected chi connectivity index (χ0v) is 19.4. The maximum atomic E-state index is 13.1. The van der Waals surface area contributed by atoms with Gasteiger partial charge in [-0.05, 0) is 42.5 Å². The number of anilines is 2. The van der Waals surface area contributed by atoms with Crippen LogP contribution in [-0.2, 0) is 10.0 Å². The van der Waals surface area contributed by atoms with E-state index in [1.54, 1.807) is 36.4 Å². The van der Waals surface area contributed by atoms with Crippen LogP contribution in [0.1, 0.15) is 10.4 Å². The molecule has 172 valence electrons. The summed E-state index contributed by atoms with van der Waals surface area (Å²) in [5.74, 6) is 1.07. The lowest BCUT2D eigenvalue weighted by molar-refractivity contribution is 0.102. The Hall–Kier alpha value is -3.43. The summed E-state index contributed by atoms with van der Waals surface area (Å²) in [7, 11) is -0.936. The highest BCUT2D eigenvalue weighted by atomic mass is 35.5. The van der Waals surface area contributed by atoms with Crippen LogP contribution in [0.2, 0.25) is 5.02 Å². The van der Waals surface area contributed by atoms with E-state index in [1.807, 2.05) is 0 Å². The Kier molecular flexibility index (Phi) is 6.35. The van der Waals surface area contributed by atoms with Gasteiger partial charge in [0, 0.05) is 24.7 Å². The molecule has 1 aliphatic rings. The molecule has 0 bridgehead atoms. The van der Waals surface area contributed by atoms with Crippen molar-refractivity contribution in [3.63, 3.8) is 0 Å². The smallest absolute Gasteiger partial charge is 0.264 e. The van der Waals surface area contributed by atoms with Gasteiger partial charge in [-0.15, -0.1) is 0 Å². The lowest BCUT2D eigenvalue weighted by Gasteiger charge is -2.20. The molecule has 4 rings (SSSR count). The van der Waals surface area contributed by atoms with E-state index in [2.05, 4.69) is 5.32 Å². The van der Waals surface area contributed by atoms with Gasteiger partial charge in [-0.25, -0.2) is 8.42 Å². The minimum Gasteiger partial charge on any atom is -0.497 e. The molecule has 0 unspecified atom stereocenters. The summed E-state index contributed by atoms with van der Waals surface area (Å²) in [5.41, 5.74) is 0.938. The van der Waals surface area contributed by atoms with Gasteiger partial charge in [0.25, 0.3) is 15.9 Å². The van der Waals surface area contributed by atoms with Gasteiger partial charge < -0.3 is 19.5 Å². The molecule has 1 aliphatic heterocycles. The van der Waals surface area contributed by atoms with Crippen LogP contribution in [0.25, 0.3) is 0 Å². The summed E-state index contributed by atoms with van der Waals surface area (Å²) in [6, 6.07) is 15.5. The molecule has 1 heterocycles. The Morgan fingerprint density at radius 1 is 1.03 bits per heavy atom. The van der Waals surface area contributed by atoms with Crippen LogP contribution in [0.4, 0.5) is 11.4 Å². The largest absolute Gasteiger partial charge is 0.497 e. The highest BCUT2D eigenvalue weighted by Gasteiger charge is 2.23. The molecule has 1 amide bonds. The number of carbonyl (C=O) groups is 1. The van der Waals surface area contributed by atoms with Crippen molar-refractivity contribution in [2.75, 3.05) is 37.0 Å². The maximum absolute atomic E-state index is 13.1. The van der Waals surface area contributed by atoms with E-state index in [-0.39, 0.29) is 15.5 Å². The number of sulfonamides is 1. The number of amides is 1. The van der Waals surface area contributed by atoms with Gasteiger partial charge in [-0.2, -0.15) is 0 Å². The third kappa shape index (κ3) is 4.69. The van der Waals surface area contributed by atoms with Gasteiger partial charge in [0.15, 0.2) is 11.5 Å². The Bertz CT molecular complexity index is 1290. The molecule has 0 spiro atoms. The number of fused-ring (bicyclic) bond motifs is 1. The second-order valence-corrected chi connectivity index (χ2v) is 9.50. The Balaban J connectivity index is 1.57. The van der Waals surface area contributed by atoms with Gasteiger partial charge in [0.05, 0.1) is 28.4 Å². The predicted octanol–water partition coefficient (Wildman–Crippen LogP) is 4.20. The molecule has 0 radical (unpaired) electrons. The first-order chi connectivity index (χ1) is 15.8.